The molecule has 1 aliphatic carbocycles. The quantitative estimate of drug-likeness (QED) is 0.0416. The van der Waals surface area contributed by atoms with Gasteiger partial charge in [-0.2, -0.15) is 74.6 Å². The van der Waals surface area contributed by atoms with Crippen LogP contribution in [0.5, 0.6) is 23.0 Å². The summed E-state index contributed by atoms with van der Waals surface area (Å²) in [6.07, 6.45) is -1.05. The molecule has 0 aliphatic heterocycles. The van der Waals surface area contributed by atoms with Crippen LogP contribution in [0.15, 0.2) is 206 Å². The highest BCUT2D eigenvalue weighted by Crippen LogP contribution is 2.43. The van der Waals surface area contributed by atoms with E-state index < -0.39 is 60.1 Å². The van der Waals surface area contributed by atoms with Gasteiger partial charge in [-0.15, -0.1) is 0 Å². The monoisotopic (exact) mass is 1160 g/mol. The summed E-state index contributed by atoms with van der Waals surface area (Å²) in [7, 11) is -18.1. The van der Waals surface area contributed by atoms with Crippen LogP contribution < -0.4 is 0 Å². The van der Waals surface area contributed by atoms with E-state index in [1.807, 2.05) is 0 Å². The number of hydrogen-bond donors (Lipinski definition) is 8. The summed E-state index contributed by atoms with van der Waals surface area (Å²) in [5, 5.41) is 83.0. The van der Waals surface area contributed by atoms with Crippen molar-refractivity contribution in [3.63, 3.8) is 0 Å². The summed E-state index contributed by atoms with van der Waals surface area (Å²) in [4.78, 5) is -1.57. The van der Waals surface area contributed by atoms with Gasteiger partial charge in [-0.1, -0.05) is 0 Å². The minimum Gasteiger partial charge on any atom is -0.507 e. The number of azo groups is 4. The molecule has 1 aliphatic rings. The van der Waals surface area contributed by atoms with Crippen molar-refractivity contribution >= 4 is 86.0 Å². The van der Waals surface area contributed by atoms with Crippen molar-refractivity contribution in [1.29, 1.82) is 0 Å². The Morgan fingerprint density at radius 1 is 0.237 bits per heavy atom. The second-order valence-corrected chi connectivity index (χ2v) is 23.5. The molecule has 24 nitrogen and oxygen atoms in total. The Morgan fingerprint density at radius 3 is 0.512 bits per heavy atom. The molecule has 8 N–H and O–H groups in total. The normalized spacial score (nSPS) is 13.4. The summed E-state index contributed by atoms with van der Waals surface area (Å²) in [6, 6.07) is 30.8. The van der Waals surface area contributed by atoms with Crippen LogP contribution in [0.2, 0.25) is 0 Å². The highest BCUT2D eigenvalue weighted by molar-refractivity contribution is 7.86. The van der Waals surface area contributed by atoms with Gasteiger partial charge in [0.1, 0.15) is 23.0 Å². The molecule has 0 fully saturated rings. The fraction of sp³-hybridized carbons (Fsp3) is 0.0769. The third-order valence-electron chi connectivity index (χ3n) is 12.2. The first-order valence-electron chi connectivity index (χ1n) is 23.1. The van der Waals surface area contributed by atoms with Crippen LogP contribution in [-0.4, -0.2) is 72.3 Å². The predicted molar refractivity (Wildman–Crippen MR) is 285 cm³/mol. The predicted octanol–water partition coefficient (Wildman–Crippen LogP) is 11.8. The Kier molecular flexibility index (Phi) is 15.3. The first kappa shape index (κ1) is 55.7. The first-order chi connectivity index (χ1) is 37.7. The molecule has 0 radical (unpaired) electrons. The summed E-state index contributed by atoms with van der Waals surface area (Å²) in [6.45, 7) is 0. The summed E-state index contributed by atoms with van der Waals surface area (Å²) >= 11 is 0. The minimum atomic E-state index is -4.53. The fourth-order valence-corrected chi connectivity index (χ4v) is 10.2. The van der Waals surface area contributed by atoms with Gasteiger partial charge in [0.2, 0.25) is 0 Å². The molecule has 0 aromatic heterocycles. The maximum atomic E-state index is 12.2. The van der Waals surface area contributed by atoms with Gasteiger partial charge in [0.15, 0.2) is 0 Å². The van der Waals surface area contributed by atoms with E-state index in [1.165, 1.54) is 97.1 Å². The number of phenols is 4. The molecule has 0 saturated heterocycles. The largest absolute Gasteiger partial charge is 0.507 e. The molecule has 0 heterocycles. The lowest BCUT2D eigenvalue weighted by atomic mass is 9.90. The van der Waals surface area contributed by atoms with E-state index in [9.17, 15) is 72.3 Å². The average Bonchev–Trinajstić information content (AvgIpc) is 3.41. The van der Waals surface area contributed by atoms with E-state index in [0.29, 0.717) is 0 Å². The van der Waals surface area contributed by atoms with Crippen LogP contribution in [0.3, 0.4) is 0 Å². The molecule has 9 rings (SSSR count). The molecule has 0 amide bonds. The summed E-state index contributed by atoms with van der Waals surface area (Å²) in [5.41, 5.74) is 2.26. The zero-order valence-corrected chi connectivity index (χ0v) is 44.0. The average molecular weight is 1160 g/mol. The fourth-order valence-electron chi connectivity index (χ4n) is 8.30. The number of phenolic OH excluding ortho intramolecular Hbond substituents is 4. The van der Waals surface area contributed by atoms with Gasteiger partial charge in [-0.25, -0.2) is 0 Å². The number of rotatable bonds is 12. The molecular formula is C52H40N8O16S4. The Morgan fingerprint density at radius 2 is 0.375 bits per heavy atom. The lowest BCUT2D eigenvalue weighted by Crippen LogP contribution is -2.01. The van der Waals surface area contributed by atoms with Crippen LogP contribution in [0.25, 0.3) is 0 Å². The molecule has 0 unspecified atom stereocenters. The highest BCUT2D eigenvalue weighted by atomic mass is 32.2. The lowest BCUT2D eigenvalue weighted by molar-refractivity contribution is 0.450. The van der Waals surface area contributed by atoms with E-state index in [4.69, 9.17) is 0 Å². The standard InChI is InChI=1S/C52H40N8O16S4/c61-49-29-17-31-23-42(58-54-38-3-11-46(12-4-38)78(68,69)70)25-33(50(31)62)19-35-27-44(60-56-40-7-15-48(16-8-40)80(74,75)76)28-36(52(35)64)20-34-26-43(59-55-39-5-13-47(14-6-39)79(71,72)73)24-32(51(34)63)18-30(49)22-41(21-29)57-53-37-1-9-45(10-2-37)77(65,66)67/h1-16,21-28,61-64H,17-20H2,(H,65,66,67)(H,68,69,70)(H,71,72,73)(H,74,75,76). The topological polar surface area (TPSA) is 397 Å². The van der Waals surface area contributed by atoms with Crippen LogP contribution >= 0.6 is 0 Å². The van der Waals surface area contributed by atoms with Crippen molar-refractivity contribution in [2.75, 3.05) is 0 Å². The Hall–Kier alpha value is -9.00. The van der Waals surface area contributed by atoms with Crippen molar-refractivity contribution in [3.05, 3.63) is 190 Å². The third-order valence-corrected chi connectivity index (χ3v) is 15.7. The van der Waals surface area contributed by atoms with Gasteiger partial charge < -0.3 is 20.4 Å². The molecule has 8 aromatic rings. The zero-order chi connectivity index (χ0) is 57.3. The van der Waals surface area contributed by atoms with Crippen LogP contribution in [-0.2, 0) is 66.2 Å². The second-order valence-electron chi connectivity index (χ2n) is 17.8. The number of benzene rings is 8. The zero-order valence-electron chi connectivity index (χ0n) is 40.7. The highest BCUT2D eigenvalue weighted by Gasteiger charge is 2.23. The molecule has 408 valence electrons. The van der Waals surface area contributed by atoms with E-state index >= 15 is 0 Å². The Bertz CT molecular complexity index is 3720. The van der Waals surface area contributed by atoms with E-state index in [2.05, 4.69) is 40.9 Å². The van der Waals surface area contributed by atoms with Crippen molar-refractivity contribution in [3.8, 4) is 23.0 Å². The summed E-state index contributed by atoms with van der Waals surface area (Å²) < 4.78 is 132. The Labute approximate surface area is 455 Å². The van der Waals surface area contributed by atoms with Crippen molar-refractivity contribution in [2.24, 2.45) is 40.9 Å². The maximum Gasteiger partial charge on any atom is 0.294 e. The minimum absolute atomic E-state index is 0.122. The first-order valence-corrected chi connectivity index (χ1v) is 28.9. The maximum absolute atomic E-state index is 12.2. The van der Waals surface area contributed by atoms with Gasteiger partial charge in [-0.3, -0.25) is 18.2 Å². The van der Waals surface area contributed by atoms with Crippen LogP contribution in [0.4, 0.5) is 45.5 Å². The smallest absolute Gasteiger partial charge is 0.294 e. The van der Waals surface area contributed by atoms with E-state index in [-0.39, 0.29) is 139 Å². The molecule has 8 bridgehead atoms. The van der Waals surface area contributed by atoms with Gasteiger partial charge in [-0.05, 0) is 146 Å². The van der Waals surface area contributed by atoms with Crippen LogP contribution in [0, 0.1) is 0 Å². The molecule has 0 spiro atoms. The van der Waals surface area contributed by atoms with Crippen molar-refractivity contribution < 1.29 is 72.3 Å². The van der Waals surface area contributed by atoms with Gasteiger partial charge in [0.25, 0.3) is 40.5 Å². The number of fused-ring (bicyclic) bond motifs is 8. The molecule has 28 heteroatoms. The van der Waals surface area contributed by atoms with Crippen molar-refractivity contribution in [2.45, 2.75) is 45.3 Å². The SMILES string of the molecule is O=S(=O)(O)c1ccc(N=Nc2cc3c(O)c(c2)Cc2cc(N=Nc4ccc(S(=O)(=O)O)cc4)cc(c2O)Cc2cc(N=Nc4ccc(S(=O)(=O)O)cc4)cc(c2O)Cc2cc(N=Nc4ccc(S(=O)(=O)O)cc4)cc(c2O)C3)cc1. The number of hydrogen-bond acceptors (Lipinski definition) is 20. The van der Waals surface area contributed by atoms with E-state index in [1.54, 1.807) is 0 Å². The second kappa shape index (κ2) is 22.0. The molecule has 80 heavy (non-hydrogen) atoms. The molecular weight excluding hydrogens is 1120 g/mol. The lowest BCUT2D eigenvalue weighted by Gasteiger charge is -2.18. The molecule has 0 saturated carbocycles. The number of nitrogens with zero attached hydrogens (tertiary/aromatic N) is 8. The van der Waals surface area contributed by atoms with Gasteiger partial charge in [0.05, 0.1) is 65.1 Å². The molecule has 8 aromatic carbocycles. The van der Waals surface area contributed by atoms with Crippen LogP contribution in [0.1, 0.15) is 44.5 Å². The summed E-state index contributed by atoms with van der Waals surface area (Å²) in [5.74, 6) is -1.29. The Balaban J connectivity index is 1.22. The van der Waals surface area contributed by atoms with Crippen molar-refractivity contribution in [1.82, 2.24) is 0 Å². The van der Waals surface area contributed by atoms with E-state index in [0.717, 1.165) is 48.5 Å². The van der Waals surface area contributed by atoms with Gasteiger partial charge in [0, 0.05) is 70.2 Å². The van der Waals surface area contributed by atoms with Gasteiger partial charge >= 0.3 is 0 Å². The number of aromatic hydroxyl groups is 4. The third kappa shape index (κ3) is 13.3. The molecule has 0 atom stereocenters.